The van der Waals surface area contributed by atoms with Crippen molar-refractivity contribution in [2.24, 2.45) is 0 Å². The van der Waals surface area contributed by atoms with E-state index >= 15 is 0 Å². The van der Waals surface area contributed by atoms with Crippen molar-refractivity contribution in [2.75, 3.05) is 18.8 Å². The molecule has 9 heteroatoms. The molecular formula is C18H16F4N2O2S. The number of ether oxygens (including phenoxy) is 1. The van der Waals surface area contributed by atoms with Crippen molar-refractivity contribution in [1.82, 2.24) is 9.88 Å². The third kappa shape index (κ3) is 5.35. The standard InChI is InChI=1S/C18H16F4N2O2S/c19-13-1-3-15(4-2-13)27-11-17(25)24-8-6-14(10-24)26-16-9-12(5-7-23-16)18(20,21)22/h1-5,7,9,14H,6,8,10-11H2/t14-/m1/s1. The monoisotopic (exact) mass is 400 g/mol. The van der Waals surface area contributed by atoms with Gasteiger partial charge in [-0.25, -0.2) is 9.37 Å². The Morgan fingerprint density at radius 3 is 2.70 bits per heavy atom. The molecule has 1 aliphatic heterocycles. The second-order valence-corrected chi connectivity index (χ2v) is 7.04. The van der Waals surface area contributed by atoms with Crippen LogP contribution in [0.5, 0.6) is 5.88 Å². The van der Waals surface area contributed by atoms with Crippen LogP contribution in [0, 0.1) is 5.82 Å². The van der Waals surface area contributed by atoms with E-state index in [-0.39, 0.29) is 23.4 Å². The second-order valence-electron chi connectivity index (χ2n) is 5.99. The third-order valence-corrected chi connectivity index (χ3v) is 5.02. The zero-order valence-electron chi connectivity index (χ0n) is 14.1. The van der Waals surface area contributed by atoms with Gasteiger partial charge in [0.2, 0.25) is 11.8 Å². The zero-order chi connectivity index (χ0) is 19.4. The molecule has 144 valence electrons. The van der Waals surface area contributed by atoms with Crippen LogP contribution in [0.1, 0.15) is 12.0 Å². The van der Waals surface area contributed by atoms with Crippen LogP contribution in [-0.4, -0.2) is 40.7 Å². The van der Waals surface area contributed by atoms with Crippen molar-refractivity contribution < 1.29 is 27.1 Å². The second kappa shape index (κ2) is 8.16. The molecule has 0 radical (unpaired) electrons. The average Bonchev–Trinajstić information content (AvgIpc) is 3.09. The van der Waals surface area contributed by atoms with Crippen LogP contribution in [0.4, 0.5) is 17.6 Å². The first-order valence-electron chi connectivity index (χ1n) is 8.17. The molecule has 2 aromatic rings. The number of aromatic nitrogens is 1. The fourth-order valence-electron chi connectivity index (χ4n) is 2.64. The summed E-state index contributed by atoms with van der Waals surface area (Å²) < 4.78 is 56.6. The summed E-state index contributed by atoms with van der Waals surface area (Å²) in [6.07, 6.45) is -3.29. The lowest BCUT2D eigenvalue weighted by molar-refractivity contribution is -0.137. The van der Waals surface area contributed by atoms with Gasteiger partial charge in [-0.05, 0) is 30.3 Å². The highest BCUT2D eigenvalue weighted by atomic mass is 32.2. The first-order valence-corrected chi connectivity index (χ1v) is 9.16. The Hall–Kier alpha value is -2.29. The van der Waals surface area contributed by atoms with Gasteiger partial charge in [-0.1, -0.05) is 0 Å². The number of pyridine rings is 1. The van der Waals surface area contributed by atoms with E-state index in [4.69, 9.17) is 4.74 Å². The minimum Gasteiger partial charge on any atom is -0.472 e. The Morgan fingerprint density at radius 2 is 2.00 bits per heavy atom. The van der Waals surface area contributed by atoms with E-state index in [1.165, 1.54) is 23.9 Å². The minimum absolute atomic E-state index is 0.104. The first kappa shape index (κ1) is 19.5. The number of hydrogen-bond acceptors (Lipinski definition) is 4. The van der Waals surface area contributed by atoms with Crippen molar-refractivity contribution in [3.63, 3.8) is 0 Å². The molecule has 1 saturated heterocycles. The third-order valence-electron chi connectivity index (χ3n) is 4.02. The van der Waals surface area contributed by atoms with Gasteiger partial charge in [0.25, 0.3) is 0 Å². The Morgan fingerprint density at radius 1 is 1.26 bits per heavy atom. The molecular weight excluding hydrogens is 384 g/mol. The molecule has 0 bridgehead atoms. The van der Waals surface area contributed by atoms with Crippen LogP contribution < -0.4 is 4.74 Å². The number of likely N-dealkylation sites (tertiary alicyclic amines) is 1. The smallest absolute Gasteiger partial charge is 0.416 e. The predicted molar refractivity (Wildman–Crippen MR) is 92.0 cm³/mol. The molecule has 0 unspecified atom stereocenters. The predicted octanol–water partition coefficient (Wildman–Crippen LogP) is 4.01. The van der Waals surface area contributed by atoms with Gasteiger partial charge < -0.3 is 9.64 Å². The lowest BCUT2D eigenvalue weighted by atomic mass is 10.2. The molecule has 1 aromatic heterocycles. The van der Waals surface area contributed by atoms with E-state index in [0.717, 1.165) is 23.2 Å². The van der Waals surface area contributed by atoms with Gasteiger partial charge >= 0.3 is 6.18 Å². The van der Waals surface area contributed by atoms with Crippen molar-refractivity contribution in [1.29, 1.82) is 0 Å². The molecule has 0 spiro atoms. The molecule has 1 aromatic carbocycles. The van der Waals surface area contributed by atoms with E-state index in [1.807, 2.05) is 0 Å². The molecule has 3 rings (SSSR count). The van der Waals surface area contributed by atoms with Crippen LogP contribution in [0.3, 0.4) is 0 Å². The van der Waals surface area contributed by atoms with E-state index in [9.17, 15) is 22.4 Å². The maximum absolute atomic E-state index is 12.9. The van der Waals surface area contributed by atoms with Crippen molar-refractivity contribution in [3.05, 3.63) is 54.0 Å². The number of nitrogens with zero attached hydrogens (tertiary/aromatic N) is 2. The van der Waals surface area contributed by atoms with E-state index < -0.39 is 17.8 Å². The molecule has 0 saturated carbocycles. The summed E-state index contributed by atoms with van der Waals surface area (Å²) in [5.41, 5.74) is -0.825. The number of rotatable bonds is 5. The number of amides is 1. The number of hydrogen-bond donors (Lipinski definition) is 0. The molecule has 1 aliphatic rings. The van der Waals surface area contributed by atoms with Crippen molar-refractivity contribution in [3.8, 4) is 5.88 Å². The molecule has 1 fully saturated rings. The highest BCUT2D eigenvalue weighted by molar-refractivity contribution is 8.00. The molecule has 2 heterocycles. The summed E-state index contributed by atoms with van der Waals surface area (Å²) >= 11 is 1.30. The number of carbonyl (C=O) groups is 1. The Kier molecular flexibility index (Phi) is 5.88. The number of halogens is 4. The quantitative estimate of drug-likeness (QED) is 0.562. The Labute approximate surface area is 157 Å². The number of benzene rings is 1. The summed E-state index contributed by atoms with van der Waals surface area (Å²) in [6, 6.07) is 7.59. The lowest BCUT2D eigenvalue weighted by Gasteiger charge is -2.17. The average molecular weight is 400 g/mol. The molecule has 0 N–H and O–H groups in total. The lowest BCUT2D eigenvalue weighted by Crippen LogP contribution is -2.32. The summed E-state index contributed by atoms with van der Waals surface area (Å²) in [5.74, 6) is -0.356. The molecule has 27 heavy (non-hydrogen) atoms. The van der Waals surface area contributed by atoms with Gasteiger partial charge in [0.1, 0.15) is 11.9 Å². The fraction of sp³-hybridized carbons (Fsp3) is 0.333. The first-order chi connectivity index (χ1) is 12.8. The minimum atomic E-state index is -4.46. The van der Waals surface area contributed by atoms with Crippen LogP contribution >= 0.6 is 11.8 Å². The summed E-state index contributed by atoms with van der Waals surface area (Å²) in [7, 11) is 0. The molecule has 1 atom stereocenters. The zero-order valence-corrected chi connectivity index (χ0v) is 14.9. The van der Waals surface area contributed by atoms with Crippen LogP contribution in [0.2, 0.25) is 0 Å². The normalized spacial score (nSPS) is 17.2. The van der Waals surface area contributed by atoms with Crippen LogP contribution in [-0.2, 0) is 11.0 Å². The highest BCUT2D eigenvalue weighted by Gasteiger charge is 2.32. The van der Waals surface area contributed by atoms with Crippen molar-refractivity contribution >= 4 is 17.7 Å². The van der Waals surface area contributed by atoms with Gasteiger partial charge in [-0.2, -0.15) is 13.2 Å². The fourth-order valence-corrected chi connectivity index (χ4v) is 3.44. The maximum Gasteiger partial charge on any atom is 0.416 e. The SMILES string of the molecule is O=C(CSc1ccc(F)cc1)N1CC[C@@H](Oc2cc(C(F)(F)F)ccn2)C1. The number of carbonyl (C=O) groups excluding carboxylic acids is 1. The van der Waals surface area contributed by atoms with Crippen molar-refractivity contribution in [2.45, 2.75) is 23.6 Å². The highest BCUT2D eigenvalue weighted by Crippen LogP contribution is 2.31. The van der Waals surface area contributed by atoms with Gasteiger partial charge in [-0.3, -0.25) is 4.79 Å². The Bertz CT molecular complexity index is 799. The topological polar surface area (TPSA) is 42.4 Å². The number of alkyl halides is 3. The number of thioether (sulfide) groups is 1. The largest absolute Gasteiger partial charge is 0.472 e. The maximum atomic E-state index is 12.9. The van der Waals surface area contributed by atoms with Gasteiger partial charge in [0.15, 0.2) is 0 Å². The van der Waals surface area contributed by atoms with Gasteiger partial charge in [-0.15, -0.1) is 11.8 Å². The van der Waals surface area contributed by atoms with E-state index in [0.29, 0.717) is 19.5 Å². The molecule has 4 nitrogen and oxygen atoms in total. The molecule has 1 amide bonds. The Balaban J connectivity index is 1.51. The summed E-state index contributed by atoms with van der Waals surface area (Å²) in [4.78, 5) is 18.5. The van der Waals surface area contributed by atoms with Gasteiger partial charge in [0.05, 0.1) is 17.9 Å². The van der Waals surface area contributed by atoms with Gasteiger partial charge in [0, 0.05) is 30.1 Å². The van der Waals surface area contributed by atoms with E-state index in [1.54, 1.807) is 17.0 Å². The van der Waals surface area contributed by atoms with E-state index in [2.05, 4.69) is 4.98 Å². The van der Waals surface area contributed by atoms with Crippen LogP contribution in [0.25, 0.3) is 0 Å². The summed E-state index contributed by atoms with van der Waals surface area (Å²) in [6.45, 7) is 0.757. The molecule has 0 aliphatic carbocycles. The summed E-state index contributed by atoms with van der Waals surface area (Å²) in [5, 5.41) is 0. The van der Waals surface area contributed by atoms with Crippen LogP contribution in [0.15, 0.2) is 47.5 Å².